The van der Waals surface area contributed by atoms with Gasteiger partial charge < -0.3 is 107 Å². The number of aliphatic carboxylic acids is 9. The largest absolute Gasteiger partial charge is 0.553 e. The van der Waals surface area contributed by atoms with E-state index in [4.69, 9.17) is 48.4 Å². The van der Waals surface area contributed by atoms with Gasteiger partial charge in [0.25, 0.3) is 0 Å². The van der Waals surface area contributed by atoms with Gasteiger partial charge in [0, 0.05) is 102 Å². The summed E-state index contributed by atoms with van der Waals surface area (Å²) < 4.78 is 93.6. The lowest BCUT2D eigenvalue weighted by Crippen LogP contribution is -2.59. The summed E-state index contributed by atoms with van der Waals surface area (Å²) in [7, 11) is -4.42. The second-order valence-corrected chi connectivity index (χ2v) is 39.2. The third-order valence-corrected chi connectivity index (χ3v) is 26.2. The molecule has 0 aromatic carbocycles. The molecule has 1 fully saturated rings. The molecule has 0 aromatic heterocycles. The maximum atomic E-state index is 14.0. The van der Waals surface area contributed by atoms with Crippen LogP contribution in [-0.4, -0.2) is 378 Å². The van der Waals surface area contributed by atoms with Gasteiger partial charge in [-0.05, 0) is 114 Å². The smallest absolute Gasteiger partial charge is 0.471 e. The number of thiol groups is 1. The van der Waals surface area contributed by atoms with E-state index in [9.17, 15) is 136 Å². The molecule has 5 amide bonds. The summed E-state index contributed by atoms with van der Waals surface area (Å²) in [5, 5.41) is 103. The standard InChI is InChI=1S/C58H94N7O31PS.C13H29O5PS2.C7H17O4PS.CH4.H2NO.2H2/c1-92-97(90,91)96-24-11-2-3-12-28-98-43-29-47(70)65(54(43)83)23-17-46(69)61-58(36-93-25-18-39(66)13-5-4-6-14-40(55(84)85)62(30-48(71)72)31-49(73)74,37-94-26-19-44(67)59-21-9-7-15-41(56(86)87)63(32-50(75)76)33-51(77)78)38-95-27-20-45(68)60-22-10-8-16-42(57(88)89)64(34-52(79)80)35-53(81)82;1-17-19(15,16)18-11-7-3-5-9-13-21-20-12-8-4-2-6-10-14;1-10-12(8,9)11-6-4-2-3-5-7-13;;1-2;;/h40-43H,2-38H2,1H3,(H,59,67)(H,60,68)(H,61,69)(H,71,72)(H,73,74)(H,75,76)(H,77,78)(H,79,80)(H,81,82)(H,84,85)(H,86,87)(H,88,89)(H,90,91);14H,2-13H2,1H3,(H,15,16);13H,2-7H2,1H3,(H,8,9);1H4;1-2H;2*1H/q;;;;-1;;/i;;;;2D;1+2D;1+2. The van der Waals surface area contributed by atoms with E-state index in [2.05, 4.69) is 51.9 Å². The third kappa shape index (κ3) is 76.3. The van der Waals surface area contributed by atoms with Crippen molar-refractivity contribution in [1.29, 1.82) is 0 Å². The Bertz CT molecular complexity index is 3340. The van der Waals surface area contributed by atoms with Gasteiger partial charge in [-0.1, -0.05) is 93.2 Å². The number of aliphatic hydroxyl groups excluding tert-OH is 1. The van der Waals surface area contributed by atoms with E-state index in [1.54, 1.807) is 0 Å². The van der Waals surface area contributed by atoms with E-state index in [1.165, 1.54) is 43.9 Å². The van der Waals surface area contributed by atoms with Gasteiger partial charge in [0.15, 0.2) is 1.43 Å². The number of phosphoric acid groups is 3. The van der Waals surface area contributed by atoms with Crippen molar-refractivity contribution in [3.05, 3.63) is 5.90 Å². The zero-order chi connectivity index (χ0) is 104. The minimum absolute atomic E-state index is 0. The van der Waals surface area contributed by atoms with Crippen LogP contribution in [0.1, 0.15) is 217 Å². The number of imide groups is 1. The molecule has 792 valence electrons. The molecule has 18 N–H and O–H groups in total. The van der Waals surface area contributed by atoms with Crippen LogP contribution in [0.2, 0.25) is 1.43 Å². The van der Waals surface area contributed by atoms with E-state index in [0.29, 0.717) is 44.5 Å². The highest BCUT2D eigenvalue weighted by molar-refractivity contribution is 8.76. The number of carboxylic acid groups (broad SMARTS) is 9. The SMILES string of the molecule is C.COP(=O)(O)OCCCCCCS.COP(=O)(O)OCCCCCCSC1CC(=O)N(CCC(=O)NC(COCCC(=O)CCCCCC(C(=O)O)N(CC(=O)O)CC(=O)O)(COCCC(=O)NCCCCC(C(=O)O)N(CC(=O)O)CC(=O)O)COCCC(=O)NCCCCC(C(=O)O)N(CC(=O)O)CC(=O)O)C1=O.COP(=O)(O)OCCCCCCSSCCCCCCO.[2H]O[NH-].[2H][3H].[3HH]. The molecule has 135 heavy (non-hydrogen) atoms. The minimum atomic E-state index is -4.11. The number of nitrogens with zero attached hydrogens (tertiary/aromatic N) is 4. The summed E-state index contributed by atoms with van der Waals surface area (Å²) in [4.78, 5) is 214. The first-order valence-corrected chi connectivity index (χ1v) is 52.1. The molecule has 0 spiro atoms. The van der Waals surface area contributed by atoms with Crippen molar-refractivity contribution in [3.63, 3.8) is 0 Å². The average molecular weight is 2100 g/mol. The number of hydrogen-bond acceptors (Lipinski definition) is 36. The molecule has 0 aliphatic carbocycles. The van der Waals surface area contributed by atoms with E-state index >= 15 is 0 Å². The van der Waals surface area contributed by atoms with Gasteiger partial charge >= 0.3 is 77.2 Å². The lowest BCUT2D eigenvalue weighted by molar-refractivity contribution is -0.152. The Labute approximate surface area is 810 Å². The van der Waals surface area contributed by atoms with Gasteiger partial charge in [0.05, 0.1) is 104 Å². The normalized spacial score (nSPS) is 15.0. The number of amides is 5. The Morgan fingerprint density at radius 2 is 0.807 bits per heavy atom. The van der Waals surface area contributed by atoms with Crippen LogP contribution in [0.3, 0.4) is 0 Å². The highest BCUT2D eigenvalue weighted by Crippen LogP contribution is 2.44. The van der Waals surface area contributed by atoms with Crippen molar-refractivity contribution < 1.29 is 204 Å². The van der Waals surface area contributed by atoms with Crippen LogP contribution >= 0.6 is 69.4 Å². The Morgan fingerprint density at radius 3 is 1.15 bits per heavy atom. The van der Waals surface area contributed by atoms with Gasteiger partial charge in [0.2, 0.25) is 29.5 Å². The second-order valence-electron chi connectivity index (χ2n) is 30.1. The minimum Gasteiger partial charge on any atom is -0.553 e. The lowest BCUT2D eigenvalue weighted by atomic mass is 10.0. The highest BCUT2D eigenvalue weighted by Gasteiger charge is 2.41. The number of carboxylic acids is 9. The fourth-order valence-electron chi connectivity index (χ4n) is 12.3. The fourth-order valence-corrected chi connectivity index (χ4v) is 17.4. The van der Waals surface area contributed by atoms with Crippen molar-refractivity contribution in [2.75, 3.05) is 169 Å². The molecule has 0 aromatic rings. The van der Waals surface area contributed by atoms with Gasteiger partial charge in [-0.2, -0.15) is 12.6 Å². The summed E-state index contributed by atoms with van der Waals surface area (Å²) in [5.74, 6) is -7.19. The maximum Gasteiger partial charge on any atom is 0.471 e. The number of aliphatic hydroxyl groups is 1. The van der Waals surface area contributed by atoms with Crippen LogP contribution in [0.15, 0.2) is 0 Å². The van der Waals surface area contributed by atoms with E-state index in [1.807, 2.05) is 21.6 Å². The first-order valence-electron chi connectivity index (χ1n) is 44.9. The van der Waals surface area contributed by atoms with Gasteiger partial charge in [-0.3, -0.25) is 119 Å². The molecule has 1 aliphatic rings. The fraction of sp³-hybridized carbons (Fsp3) is 0.810. The van der Waals surface area contributed by atoms with E-state index in [0.717, 1.165) is 103 Å². The molecule has 0 radical (unpaired) electrons. The summed E-state index contributed by atoms with van der Waals surface area (Å²) in [6.45, 7) is -7.01. The van der Waals surface area contributed by atoms with E-state index in [-0.39, 0.29) is 164 Å². The van der Waals surface area contributed by atoms with Gasteiger partial charge in [-0.25, -0.2) is 13.7 Å². The first-order chi connectivity index (χ1) is 64.9. The van der Waals surface area contributed by atoms with Crippen molar-refractivity contribution in [3.8, 4) is 0 Å². The van der Waals surface area contributed by atoms with E-state index < -0.39 is 201 Å². The first kappa shape index (κ1) is 131. The molecule has 1 heterocycles. The maximum absolute atomic E-state index is 14.0. The monoisotopic (exact) mass is 2090 g/mol. The lowest BCUT2D eigenvalue weighted by Gasteiger charge is -2.34. The average Bonchev–Trinajstić information content (AvgIpc) is 1.70. The molecule has 49 nitrogen and oxygen atoms in total. The number of carbonyl (C=O) groups excluding carboxylic acids is 6. The number of phosphoric ester groups is 3. The summed E-state index contributed by atoms with van der Waals surface area (Å²) in [5.41, 5.74) is -1.72. The number of likely N-dealkylation sites (tertiary alicyclic amines) is 1. The topological polar surface area (TPSA) is 746 Å². The van der Waals surface area contributed by atoms with Crippen LogP contribution in [0.25, 0.3) is 5.90 Å². The number of carbonyl (C=O) groups is 15. The predicted octanol–water partition coefficient (Wildman–Crippen LogP) is 7.54. The van der Waals surface area contributed by atoms with Crippen molar-refractivity contribution in [2.24, 2.45) is 0 Å². The number of hydrogen-bond donors (Lipinski definition) is 18. The number of ketones is 1. The number of thioether (sulfide) groups is 1. The molecule has 1 rings (SSSR count). The number of nitrogens with one attached hydrogen (secondary N) is 4. The third-order valence-electron chi connectivity index (χ3n) is 19.1. The molecular weight excluding hydrogens is 1940 g/mol. The van der Waals surface area contributed by atoms with Crippen LogP contribution in [0.4, 0.5) is 0 Å². The van der Waals surface area contributed by atoms with Crippen molar-refractivity contribution >= 4 is 158 Å². The van der Waals surface area contributed by atoms with Crippen LogP contribution in [0.5, 0.6) is 0 Å². The quantitative estimate of drug-likeness (QED) is 0.00698. The Balaban J connectivity index is -0.000000890. The van der Waals surface area contributed by atoms with Gasteiger partial charge in [0.1, 0.15) is 29.4 Å². The number of Topliss-reactive ketones (excluding diaryl/α,β-unsaturated/α-hetero) is 1. The summed E-state index contributed by atoms with van der Waals surface area (Å²) in [6, 6.07) is -4.36. The Morgan fingerprint density at radius 1 is 0.481 bits per heavy atom. The van der Waals surface area contributed by atoms with Crippen molar-refractivity contribution in [2.45, 2.75) is 242 Å². The molecule has 0 bridgehead atoms. The molecule has 1 aliphatic heterocycles. The van der Waals surface area contributed by atoms with Crippen LogP contribution in [-0.2, 0) is 127 Å². The van der Waals surface area contributed by atoms with Gasteiger partial charge in [-0.15, -0.1) is 11.8 Å². The summed E-state index contributed by atoms with van der Waals surface area (Å²) >= 11 is 5.32. The van der Waals surface area contributed by atoms with Crippen molar-refractivity contribution in [1.82, 2.24) is 35.6 Å². The zero-order valence-corrected chi connectivity index (χ0v) is 82.3. The molecule has 1 saturated heterocycles. The van der Waals surface area contributed by atoms with Crippen LogP contribution < -0.4 is 16.0 Å². The summed E-state index contributed by atoms with van der Waals surface area (Å²) in [6.07, 6.45) is 14.4. The number of rotatable bonds is 87. The predicted molar refractivity (Wildman–Crippen MR) is 501 cm³/mol. The molecule has 0 saturated carbocycles. The zero-order valence-electron chi connectivity index (χ0n) is 79.2. The molecular formula is C79H150N8O41P3S4-. The molecule has 56 heteroatoms. The number of unbranched alkanes of at least 4 members (excludes halogenated alkanes) is 16. The number of ether oxygens (including phenoxy) is 3. The Hall–Kier alpha value is -6.18. The Kier molecular flexibility index (Phi) is 81.0. The molecule has 7 atom stereocenters. The van der Waals surface area contributed by atoms with Crippen LogP contribution in [0, 0.1) is 0 Å². The second kappa shape index (κ2) is 83.6. The highest BCUT2D eigenvalue weighted by atomic mass is 33.1. The molecule has 7 unspecified atom stereocenters.